The number of thiazole rings is 1. The maximum Gasteiger partial charge on any atom is 0.258 e. The van der Waals surface area contributed by atoms with Gasteiger partial charge in [-0.15, -0.1) is 11.3 Å². The monoisotopic (exact) mass is 331 g/mol. The molecule has 0 fully saturated rings. The van der Waals surface area contributed by atoms with Crippen LogP contribution in [0, 0.1) is 11.3 Å². The highest BCUT2D eigenvalue weighted by atomic mass is 32.1. The molecule has 1 aromatic heterocycles. The highest BCUT2D eigenvalue weighted by Crippen LogP contribution is 2.22. The molecule has 0 atom stereocenters. The summed E-state index contributed by atoms with van der Waals surface area (Å²) in [5, 5.41) is 14.1. The number of anilines is 1. The van der Waals surface area contributed by atoms with Crippen LogP contribution in [0.2, 0.25) is 0 Å². The molecule has 2 aromatic carbocycles. The van der Waals surface area contributed by atoms with Gasteiger partial charge in [0, 0.05) is 17.2 Å². The molecule has 24 heavy (non-hydrogen) atoms. The van der Waals surface area contributed by atoms with E-state index < -0.39 is 0 Å². The summed E-state index contributed by atoms with van der Waals surface area (Å²) in [6.07, 6.45) is 3.47. The summed E-state index contributed by atoms with van der Waals surface area (Å²) in [4.78, 5) is 16.8. The molecule has 5 heteroatoms. The van der Waals surface area contributed by atoms with Gasteiger partial charge in [-0.1, -0.05) is 42.5 Å². The predicted octanol–water partition coefficient (Wildman–Crippen LogP) is 4.19. The fraction of sp³-hybridized carbons (Fsp3) is 0. The largest absolute Gasteiger partial charge is 0.298 e. The van der Waals surface area contributed by atoms with Crippen molar-refractivity contribution < 1.29 is 4.79 Å². The van der Waals surface area contributed by atoms with E-state index in [0.29, 0.717) is 16.3 Å². The van der Waals surface area contributed by atoms with E-state index in [1.165, 1.54) is 11.3 Å². The van der Waals surface area contributed by atoms with Gasteiger partial charge in [0.25, 0.3) is 5.91 Å². The normalized spacial score (nSPS) is 10.9. The number of hydrogen-bond donors (Lipinski definition) is 1. The van der Waals surface area contributed by atoms with Crippen LogP contribution in [0.5, 0.6) is 0 Å². The minimum absolute atomic E-state index is 0.237. The Labute approximate surface area is 143 Å². The molecular weight excluding hydrogens is 318 g/mol. The Morgan fingerprint density at radius 2 is 1.88 bits per heavy atom. The molecule has 0 radical (unpaired) electrons. The Hall–Kier alpha value is -3.23. The summed E-state index contributed by atoms with van der Waals surface area (Å²) in [6, 6.07) is 18.6. The van der Waals surface area contributed by atoms with Crippen molar-refractivity contribution in [1.29, 1.82) is 5.26 Å². The average molecular weight is 331 g/mol. The van der Waals surface area contributed by atoms with E-state index in [2.05, 4.69) is 16.4 Å². The highest BCUT2D eigenvalue weighted by Gasteiger charge is 2.13. The minimum Gasteiger partial charge on any atom is -0.298 e. The summed E-state index contributed by atoms with van der Waals surface area (Å²) < 4.78 is 0. The Kier molecular flexibility index (Phi) is 4.80. The SMILES string of the molecule is N#Cc1ccc(C(=Cc2ccccc2)C(=O)Nc2nccs2)cc1. The molecule has 3 aromatic rings. The van der Waals surface area contributed by atoms with Gasteiger partial charge in [0.15, 0.2) is 5.13 Å². The number of carbonyl (C=O) groups is 1. The van der Waals surface area contributed by atoms with Gasteiger partial charge in [-0.3, -0.25) is 10.1 Å². The summed E-state index contributed by atoms with van der Waals surface area (Å²) >= 11 is 1.36. The number of carbonyl (C=O) groups excluding carboxylic acids is 1. The van der Waals surface area contributed by atoms with Crippen LogP contribution in [0.4, 0.5) is 5.13 Å². The number of nitriles is 1. The number of nitrogens with zero attached hydrogens (tertiary/aromatic N) is 2. The van der Waals surface area contributed by atoms with Gasteiger partial charge in [-0.2, -0.15) is 5.26 Å². The molecule has 0 unspecified atom stereocenters. The van der Waals surface area contributed by atoms with Gasteiger partial charge in [-0.05, 0) is 29.3 Å². The van der Waals surface area contributed by atoms with E-state index in [1.54, 1.807) is 35.8 Å². The van der Waals surface area contributed by atoms with Crippen molar-refractivity contribution in [3.63, 3.8) is 0 Å². The number of hydrogen-bond acceptors (Lipinski definition) is 4. The third kappa shape index (κ3) is 3.75. The van der Waals surface area contributed by atoms with E-state index >= 15 is 0 Å². The van der Waals surface area contributed by atoms with E-state index in [-0.39, 0.29) is 5.91 Å². The Balaban J connectivity index is 1.98. The summed E-state index contributed by atoms with van der Waals surface area (Å²) in [5.41, 5.74) is 2.73. The quantitative estimate of drug-likeness (QED) is 0.576. The van der Waals surface area contributed by atoms with Crippen molar-refractivity contribution in [3.05, 3.63) is 82.9 Å². The van der Waals surface area contributed by atoms with Crippen molar-refractivity contribution in [3.8, 4) is 6.07 Å². The molecule has 0 aliphatic carbocycles. The van der Waals surface area contributed by atoms with Gasteiger partial charge in [0.2, 0.25) is 0 Å². The van der Waals surface area contributed by atoms with Crippen LogP contribution in [0.25, 0.3) is 11.6 Å². The van der Waals surface area contributed by atoms with Gasteiger partial charge >= 0.3 is 0 Å². The standard InChI is InChI=1S/C19H13N3OS/c20-13-15-6-8-16(9-7-15)17(12-14-4-2-1-3-5-14)18(23)22-19-21-10-11-24-19/h1-12H,(H,21,22,23). The second-order valence-corrected chi connectivity index (χ2v) is 5.84. The average Bonchev–Trinajstić information content (AvgIpc) is 3.13. The van der Waals surface area contributed by atoms with Gasteiger partial charge in [0.05, 0.1) is 11.6 Å². The molecule has 1 heterocycles. The van der Waals surface area contributed by atoms with Crippen LogP contribution < -0.4 is 5.32 Å². The maximum atomic E-state index is 12.7. The van der Waals surface area contributed by atoms with Gasteiger partial charge in [-0.25, -0.2) is 4.98 Å². The summed E-state index contributed by atoms with van der Waals surface area (Å²) in [5.74, 6) is -0.237. The first-order valence-corrected chi connectivity index (χ1v) is 8.12. The van der Waals surface area contributed by atoms with Crippen LogP contribution in [-0.4, -0.2) is 10.9 Å². The molecule has 0 aliphatic heterocycles. The number of aromatic nitrogens is 1. The van der Waals surface area contributed by atoms with Crippen LogP contribution in [0.1, 0.15) is 16.7 Å². The maximum absolute atomic E-state index is 12.7. The molecule has 0 bridgehead atoms. The van der Waals surface area contributed by atoms with Crippen molar-refractivity contribution in [2.45, 2.75) is 0 Å². The fourth-order valence-corrected chi connectivity index (χ4v) is 2.69. The van der Waals surface area contributed by atoms with Crippen LogP contribution in [0.3, 0.4) is 0 Å². The third-order valence-corrected chi connectivity index (χ3v) is 4.02. The van der Waals surface area contributed by atoms with E-state index in [4.69, 9.17) is 5.26 Å². The number of rotatable bonds is 4. The second-order valence-electron chi connectivity index (χ2n) is 4.95. The lowest BCUT2D eigenvalue weighted by Crippen LogP contribution is -2.13. The molecule has 4 nitrogen and oxygen atoms in total. The minimum atomic E-state index is -0.237. The fourth-order valence-electron chi connectivity index (χ4n) is 2.17. The summed E-state index contributed by atoms with van der Waals surface area (Å²) in [7, 11) is 0. The topological polar surface area (TPSA) is 65.8 Å². The zero-order valence-corrected chi connectivity index (χ0v) is 13.5. The zero-order chi connectivity index (χ0) is 16.8. The molecular formula is C19H13N3OS. The number of nitrogens with one attached hydrogen (secondary N) is 1. The second kappa shape index (κ2) is 7.36. The lowest BCUT2D eigenvalue weighted by molar-refractivity contribution is -0.111. The van der Waals surface area contributed by atoms with Crippen LogP contribution in [0.15, 0.2) is 66.2 Å². The number of amides is 1. The molecule has 1 amide bonds. The molecule has 116 valence electrons. The zero-order valence-electron chi connectivity index (χ0n) is 12.6. The van der Waals surface area contributed by atoms with Gasteiger partial charge in [0.1, 0.15) is 0 Å². The van der Waals surface area contributed by atoms with Crippen molar-refractivity contribution in [2.24, 2.45) is 0 Å². The Morgan fingerprint density at radius 3 is 2.50 bits per heavy atom. The Morgan fingerprint density at radius 1 is 1.12 bits per heavy atom. The smallest absolute Gasteiger partial charge is 0.258 e. The number of benzene rings is 2. The molecule has 0 saturated carbocycles. The first-order valence-electron chi connectivity index (χ1n) is 7.24. The highest BCUT2D eigenvalue weighted by molar-refractivity contribution is 7.13. The lowest BCUT2D eigenvalue weighted by atomic mass is 10.0. The Bertz CT molecular complexity index is 892. The third-order valence-electron chi connectivity index (χ3n) is 3.33. The van der Waals surface area contributed by atoms with E-state index in [1.807, 2.05) is 36.4 Å². The van der Waals surface area contributed by atoms with Crippen LogP contribution in [-0.2, 0) is 4.79 Å². The lowest BCUT2D eigenvalue weighted by Gasteiger charge is -2.08. The molecule has 0 spiro atoms. The first-order chi connectivity index (χ1) is 11.8. The van der Waals surface area contributed by atoms with Crippen molar-refractivity contribution in [1.82, 2.24) is 4.98 Å². The first kappa shape index (κ1) is 15.7. The van der Waals surface area contributed by atoms with Gasteiger partial charge < -0.3 is 0 Å². The van der Waals surface area contributed by atoms with Crippen molar-refractivity contribution >= 4 is 34.0 Å². The van der Waals surface area contributed by atoms with E-state index in [9.17, 15) is 4.79 Å². The molecule has 1 N–H and O–H groups in total. The molecule has 3 rings (SSSR count). The van der Waals surface area contributed by atoms with E-state index in [0.717, 1.165) is 11.1 Å². The van der Waals surface area contributed by atoms with Crippen LogP contribution >= 0.6 is 11.3 Å². The predicted molar refractivity (Wildman–Crippen MR) is 96.2 cm³/mol. The summed E-state index contributed by atoms with van der Waals surface area (Å²) in [6.45, 7) is 0. The molecule has 0 aliphatic rings. The molecule has 0 saturated heterocycles. The van der Waals surface area contributed by atoms with Crippen molar-refractivity contribution in [2.75, 3.05) is 5.32 Å².